The molecular formula is C13H19N. The van der Waals surface area contributed by atoms with Crippen LogP contribution in [0.3, 0.4) is 0 Å². The lowest BCUT2D eigenvalue weighted by Crippen LogP contribution is -2.12. The number of hydrogen-bond donors (Lipinski definition) is 1. The summed E-state index contributed by atoms with van der Waals surface area (Å²) in [6.45, 7) is 4.10. The van der Waals surface area contributed by atoms with Crippen molar-refractivity contribution in [2.45, 2.75) is 33.1 Å². The van der Waals surface area contributed by atoms with Crippen LogP contribution in [0.5, 0.6) is 0 Å². The molecular weight excluding hydrogens is 170 g/mol. The van der Waals surface area contributed by atoms with E-state index in [1.54, 1.807) is 0 Å². The lowest BCUT2D eigenvalue weighted by atomic mass is 9.91. The molecule has 14 heavy (non-hydrogen) atoms. The van der Waals surface area contributed by atoms with Gasteiger partial charge in [0.05, 0.1) is 0 Å². The first kappa shape index (κ1) is 11.0. The molecule has 1 unspecified atom stereocenters. The highest BCUT2D eigenvalue weighted by Gasteiger charge is 2.10. The third-order valence-electron chi connectivity index (χ3n) is 2.57. The molecule has 1 N–H and O–H groups in total. The second kappa shape index (κ2) is 5.58. The third-order valence-corrected chi connectivity index (χ3v) is 2.57. The lowest BCUT2D eigenvalue weighted by Gasteiger charge is -2.14. The van der Waals surface area contributed by atoms with Crippen LogP contribution in [0.15, 0.2) is 30.3 Å². The van der Waals surface area contributed by atoms with Crippen molar-refractivity contribution in [3.05, 3.63) is 35.9 Å². The van der Waals surface area contributed by atoms with E-state index in [4.69, 9.17) is 5.41 Å². The molecule has 0 spiro atoms. The van der Waals surface area contributed by atoms with E-state index in [0.717, 1.165) is 25.0 Å². The monoisotopic (exact) mass is 189 g/mol. The Kier molecular flexibility index (Phi) is 4.37. The van der Waals surface area contributed by atoms with Crippen LogP contribution in [-0.4, -0.2) is 5.71 Å². The van der Waals surface area contributed by atoms with Crippen molar-refractivity contribution in [1.29, 1.82) is 5.41 Å². The van der Waals surface area contributed by atoms with E-state index in [9.17, 15) is 0 Å². The minimum absolute atomic E-state index is 0.433. The molecule has 0 fully saturated rings. The molecule has 0 radical (unpaired) electrons. The Morgan fingerprint density at radius 3 is 2.43 bits per heavy atom. The van der Waals surface area contributed by atoms with Gasteiger partial charge in [-0.15, -0.1) is 0 Å². The molecule has 1 nitrogen and oxygen atoms in total. The summed E-state index contributed by atoms with van der Waals surface area (Å²) < 4.78 is 0. The van der Waals surface area contributed by atoms with E-state index < -0.39 is 0 Å². The van der Waals surface area contributed by atoms with Crippen LogP contribution < -0.4 is 0 Å². The molecule has 0 saturated heterocycles. The van der Waals surface area contributed by atoms with E-state index >= 15 is 0 Å². The molecule has 1 rings (SSSR count). The Bertz CT molecular complexity index is 277. The topological polar surface area (TPSA) is 23.9 Å². The molecule has 0 bridgehead atoms. The molecule has 1 aromatic carbocycles. The minimum atomic E-state index is 0.433. The van der Waals surface area contributed by atoms with E-state index in [1.807, 2.05) is 13.0 Å². The molecule has 76 valence electrons. The Morgan fingerprint density at radius 1 is 1.29 bits per heavy atom. The summed E-state index contributed by atoms with van der Waals surface area (Å²) >= 11 is 0. The van der Waals surface area contributed by atoms with Crippen molar-refractivity contribution in [3.63, 3.8) is 0 Å². The van der Waals surface area contributed by atoms with Gasteiger partial charge in [-0.2, -0.15) is 0 Å². The average molecular weight is 189 g/mol. The molecule has 0 aliphatic carbocycles. The summed E-state index contributed by atoms with van der Waals surface area (Å²) in [5.74, 6) is 0.433. The van der Waals surface area contributed by atoms with Crippen LogP contribution in [-0.2, 0) is 6.42 Å². The van der Waals surface area contributed by atoms with Crippen molar-refractivity contribution in [1.82, 2.24) is 0 Å². The molecule has 1 heteroatoms. The second-order valence-corrected chi connectivity index (χ2v) is 3.86. The summed E-state index contributed by atoms with van der Waals surface area (Å²) in [7, 11) is 0. The standard InChI is InChI=1S/C13H19N/c1-3-7-13(11(2)14)10-12-8-5-4-6-9-12/h4-6,8-9,13-14H,3,7,10H2,1-2H3. The first-order valence-corrected chi connectivity index (χ1v) is 5.33. The minimum Gasteiger partial charge on any atom is -0.310 e. The zero-order chi connectivity index (χ0) is 10.4. The van der Waals surface area contributed by atoms with Gasteiger partial charge in [0.2, 0.25) is 0 Å². The predicted molar refractivity (Wildman–Crippen MR) is 61.9 cm³/mol. The Labute approximate surface area is 86.7 Å². The molecule has 1 atom stereocenters. The van der Waals surface area contributed by atoms with Gasteiger partial charge in [0.15, 0.2) is 0 Å². The predicted octanol–water partition coefficient (Wildman–Crippen LogP) is 3.69. The summed E-state index contributed by atoms with van der Waals surface area (Å²) in [5.41, 5.74) is 2.16. The fourth-order valence-electron chi connectivity index (χ4n) is 1.72. The quantitative estimate of drug-likeness (QED) is 0.683. The molecule has 0 heterocycles. The van der Waals surface area contributed by atoms with Gasteiger partial charge in [0.1, 0.15) is 0 Å². The Hall–Kier alpha value is -1.11. The van der Waals surface area contributed by atoms with Crippen LogP contribution in [0, 0.1) is 11.3 Å². The summed E-state index contributed by atoms with van der Waals surface area (Å²) in [6.07, 6.45) is 3.31. The first-order valence-electron chi connectivity index (χ1n) is 5.33. The van der Waals surface area contributed by atoms with E-state index in [0.29, 0.717) is 5.92 Å². The number of hydrogen-bond acceptors (Lipinski definition) is 1. The van der Waals surface area contributed by atoms with Crippen LogP contribution in [0.2, 0.25) is 0 Å². The van der Waals surface area contributed by atoms with Gasteiger partial charge in [-0.1, -0.05) is 43.7 Å². The smallest absolute Gasteiger partial charge is 0.00924 e. The third kappa shape index (κ3) is 3.33. The molecule has 0 amide bonds. The molecule has 0 aliphatic heterocycles. The van der Waals surface area contributed by atoms with E-state index in [-0.39, 0.29) is 0 Å². The SMILES string of the molecule is CCCC(Cc1ccccc1)C(C)=N. The second-order valence-electron chi connectivity index (χ2n) is 3.86. The Morgan fingerprint density at radius 2 is 1.93 bits per heavy atom. The van der Waals surface area contributed by atoms with Gasteiger partial charge < -0.3 is 5.41 Å². The largest absolute Gasteiger partial charge is 0.310 e. The van der Waals surface area contributed by atoms with Gasteiger partial charge in [0, 0.05) is 11.6 Å². The molecule has 0 saturated carbocycles. The zero-order valence-electron chi connectivity index (χ0n) is 9.09. The summed E-state index contributed by atoms with van der Waals surface area (Å²) in [4.78, 5) is 0. The van der Waals surface area contributed by atoms with Crippen LogP contribution in [0.4, 0.5) is 0 Å². The van der Waals surface area contributed by atoms with E-state index in [1.165, 1.54) is 5.56 Å². The van der Waals surface area contributed by atoms with Crippen molar-refractivity contribution in [3.8, 4) is 0 Å². The fraction of sp³-hybridized carbons (Fsp3) is 0.462. The molecule has 0 aliphatic rings. The van der Waals surface area contributed by atoms with Crippen molar-refractivity contribution < 1.29 is 0 Å². The molecule has 1 aromatic rings. The highest BCUT2D eigenvalue weighted by atomic mass is 14.4. The van der Waals surface area contributed by atoms with E-state index in [2.05, 4.69) is 31.2 Å². The zero-order valence-corrected chi connectivity index (χ0v) is 9.09. The van der Waals surface area contributed by atoms with Crippen molar-refractivity contribution >= 4 is 5.71 Å². The number of benzene rings is 1. The van der Waals surface area contributed by atoms with Crippen LogP contribution in [0.25, 0.3) is 0 Å². The highest BCUT2D eigenvalue weighted by molar-refractivity contribution is 5.81. The fourth-order valence-corrected chi connectivity index (χ4v) is 1.72. The maximum atomic E-state index is 7.70. The van der Waals surface area contributed by atoms with Gasteiger partial charge in [-0.05, 0) is 25.3 Å². The van der Waals surface area contributed by atoms with Gasteiger partial charge >= 0.3 is 0 Å². The normalized spacial score (nSPS) is 12.4. The lowest BCUT2D eigenvalue weighted by molar-refractivity contribution is 0.605. The number of rotatable bonds is 5. The maximum absolute atomic E-state index is 7.70. The van der Waals surface area contributed by atoms with Crippen LogP contribution >= 0.6 is 0 Å². The number of nitrogens with one attached hydrogen (secondary N) is 1. The molecule has 0 aromatic heterocycles. The highest BCUT2D eigenvalue weighted by Crippen LogP contribution is 2.15. The van der Waals surface area contributed by atoms with Gasteiger partial charge in [-0.3, -0.25) is 0 Å². The first-order chi connectivity index (χ1) is 6.74. The van der Waals surface area contributed by atoms with Gasteiger partial charge in [-0.25, -0.2) is 0 Å². The Balaban J connectivity index is 2.60. The summed E-state index contributed by atoms with van der Waals surface area (Å²) in [6, 6.07) is 10.5. The van der Waals surface area contributed by atoms with Gasteiger partial charge in [0.25, 0.3) is 0 Å². The average Bonchev–Trinajstić information content (AvgIpc) is 2.18. The maximum Gasteiger partial charge on any atom is 0.00924 e. The summed E-state index contributed by atoms with van der Waals surface area (Å²) in [5, 5.41) is 7.70. The van der Waals surface area contributed by atoms with Crippen molar-refractivity contribution in [2.24, 2.45) is 5.92 Å². The van der Waals surface area contributed by atoms with Crippen LogP contribution in [0.1, 0.15) is 32.3 Å². The van der Waals surface area contributed by atoms with Crippen molar-refractivity contribution in [2.75, 3.05) is 0 Å².